The van der Waals surface area contributed by atoms with Crippen molar-refractivity contribution in [2.45, 2.75) is 12.5 Å². The highest BCUT2D eigenvalue weighted by atomic mass is 35.5. The molecule has 1 aliphatic heterocycles. The summed E-state index contributed by atoms with van der Waals surface area (Å²) in [7, 11) is 0. The first-order valence-electron chi connectivity index (χ1n) is 8.59. The van der Waals surface area contributed by atoms with Gasteiger partial charge in [-0.25, -0.2) is 4.68 Å². The van der Waals surface area contributed by atoms with Gasteiger partial charge in [0.1, 0.15) is 5.02 Å². The number of aromatic nitrogens is 3. The third-order valence-corrected chi connectivity index (χ3v) is 5.01. The van der Waals surface area contributed by atoms with Crippen molar-refractivity contribution in [2.75, 3.05) is 10.6 Å². The van der Waals surface area contributed by atoms with Gasteiger partial charge in [-0.15, -0.1) is 5.10 Å². The SMILES string of the molecule is O=C1CC(c2ccc(Cl)cc2)n2nc(NC(=O)c3ccc(Cl)c([N+](=O)[O-])c3)nc2N1. The van der Waals surface area contributed by atoms with Crippen molar-refractivity contribution >= 4 is 52.6 Å². The summed E-state index contributed by atoms with van der Waals surface area (Å²) in [6, 6.07) is 10.2. The maximum absolute atomic E-state index is 12.5. The van der Waals surface area contributed by atoms with Crippen molar-refractivity contribution in [3.05, 3.63) is 73.8 Å². The first-order chi connectivity index (χ1) is 14.3. The Morgan fingerprint density at radius 1 is 1.23 bits per heavy atom. The molecule has 3 aromatic rings. The first-order valence-corrected chi connectivity index (χ1v) is 9.34. The van der Waals surface area contributed by atoms with Crippen molar-refractivity contribution in [1.82, 2.24) is 14.8 Å². The summed E-state index contributed by atoms with van der Waals surface area (Å²) in [5, 5.41) is 20.8. The minimum atomic E-state index is -0.682. The third kappa shape index (κ3) is 3.82. The molecule has 12 heteroatoms. The van der Waals surface area contributed by atoms with E-state index >= 15 is 0 Å². The van der Waals surface area contributed by atoms with E-state index in [0.29, 0.717) is 5.02 Å². The normalized spacial score (nSPS) is 15.3. The molecule has 30 heavy (non-hydrogen) atoms. The number of amides is 2. The van der Waals surface area contributed by atoms with Crippen LogP contribution in [0.25, 0.3) is 0 Å². The predicted molar refractivity (Wildman–Crippen MR) is 109 cm³/mol. The fourth-order valence-corrected chi connectivity index (χ4v) is 3.34. The Morgan fingerprint density at radius 3 is 2.67 bits per heavy atom. The Labute approximate surface area is 179 Å². The topological polar surface area (TPSA) is 132 Å². The molecule has 0 bridgehead atoms. The number of rotatable bonds is 4. The lowest BCUT2D eigenvalue weighted by molar-refractivity contribution is -0.384. The number of hydrogen-bond donors (Lipinski definition) is 2. The molecule has 152 valence electrons. The van der Waals surface area contributed by atoms with Crippen LogP contribution in [0.15, 0.2) is 42.5 Å². The minimum absolute atomic E-state index is 0.0113. The van der Waals surface area contributed by atoms with Gasteiger partial charge >= 0.3 is 0 Å². The number of benzene rings is 2. The van der Waals surface area contributed by atoms with Crippen LogP contribution < -0.4 is 10.6 Å². The van der Waals surface area contributed by atoms with E-state index in [2.05, 4.69) is 20.7 Å². The highest BCUT2D eigenvalue weighted by molar-refractivity contribution is 6.32. The van der Waals surface area contributed by atoms with Gasteiger partial charge in [-0.2, -0.15) is 4.98 Å². The van der Waals surface area contributed by atoms with Crippen LogP contribution in [0.1, 0.15) is 28.4 Å². The van der Waals surface area contributed by atoms with Crippen molar-refractivity contribution in [3.8, 4) is 0 Å². The standard InChI is InChI=1S/C18H12Cl2N6O4/c19-11-4-1-9(2-5-11)13-8-15(27)21-18-23-17(24-25(13)18)22-16(28)10-3-6-12(20)14(7-10)26(29)30/h1-7,13H,8H2,(H2,21,22,23,24,27,28). The zero-order valence-electron chi connectivity index (χ0n) is 15.0. The number of anilines is 2. The van der Waals surface area contributed by atoms with Crippen molar-refractivity contribution in [2.24, 2.45) is 0 Å². The fraction of sp³-hybridized carbons (Fsp3) is 0.111. The molecule has 0 saturated carbocycles. The zero-order chi connectivity index (χ0) is 21.4. The summed E-state index contributed by atoms with van der Waals surface area (Å²) in [5.74, 6) is -0.800. The molecule has 0 aliphatic carbocycles. The van der Waals surface area contributed by atoms with Gasteiger partial charge in [-0.05, 0) is 29.8 Å². The second-order valence-electron chi connectivity index (χ2n) is 6.40. The Kier molecular flexibility index (Phi) is 5.10. The van der Waals surface area contributed by atoms with Crippen LogP contribution >= 0.6 is 23.2 Å². The maximum atomic E-state index is 12.5. The molecule has 0 fully saturated rings. The fourth-order valence-electron chi connectivity index (χ4n) is 3.03. The van der Waals surface area contributed by atoms with Crippen molar-refractivity contribution in [3.63, 3.8) is 0 Å². The lowest BCUT2D eigenvalue weighted by Gasteiger charge is -2.23. The molecule has 2 N–H and O–H groups in total. The van der Waals surface area contributed by atoms with E-state index in [1.165, 1.54) is 16.8 Å². The second kappa shape index (κ2) is 7.73. The molecular weight excluding hydrogens is 435 g/mol. The smallest absolute Gasteiger partial charge is 0.288 e. The molecule has 1 aliphatic rings. The highest BCUT2D eigenvalue weighted by Crippen LogP contribution is 2.31. The lowest BCUT2D eigenvalue weighted by atomic mass is 10.0. The molecule has 10 nitrogen and oxygen atoms in total. The van der Waals surface area contributed by atoms with E-state index < -0.39 is 22.6 Å². The van der Waals surface area contributed by atoms with Crippen LogP contribution in [0.5, 0.6) is 0 Å². The van der Waals surface area contributed by atoms with E-state index in [0.717, 1.165) is 11.6 Å². The van der Waals surface area contributed by atoms with Crippen LogP contribution in [0, 0.1) is 10.1 Å². The third-order valence-electron chi connectivity index (χ3n) is 4.44. The summed E-state index contributed by atoms with van der Waals surface area (Å²) < 4.78 is 1.49. The Morgan fingerprint density at radius 2 is 1.97 bits per heavy atom. The lowest BCUT2D eigenvalue weighted by Crippen LogP contribution is -2.29. The van der Waals surface area contributed by atoms with Crippen LogP contribution in [0.4, 0.5) is 17.6 Å². The number of halogens is 2. The van der Waals surface area contributed by atoms with E-state index in [1.54, 1.807) is 24.3 Å². The van der Waals surface area contributed by atoms with Gasteiger partial charge in [0.05, 0.1) is 17.4 Å². The molecule has 0 saturated heterocycles. The molecule has 2 heterocycles. The number of hydrogen-bond acceptors (Lipinski definition) is 6. The number of nitro benzene ring substituents is 1. The van der Waals surface area contributed by atoms with Gasteiger partial charge in [0.25, 0.3) is 17.5 Å². The number of fused-ring (bicyclic) bond motifs is 1. The Balaban J connectivity index is 1.62. The molecule has 4 rings (SSSR count). The highest BCUT2D eigenvalue weighted by Gasteiger charge is 2.29. The molecule has 2 aromatic carbocycles. The predicted octanol–water partition coefficient (Wildman–Crippen LogP) is 3.68. The van der Waals surface area contributed by atoms with Crippen LogP contribution in [0.3, 0.4) is 0 Å². The van der Waals surface area contributed by atoms with E-state index in [-0.39, 0.29) is 34.8 Å². The van der Waals surface area contributed by atoms with E-state index in [1.807, 2.05) is 0 Å². The molecule has 1 aromatic heterocycles. The van der Waals surface area contributed by atoms with Gasteiger partial charge in [-0.3, -0.25) is 30.3 Å². The molecule has 2 amide bonds. The van der Waals surface area contributed by atoms with E-state index in [4.69, 9.17) is 23.2 Å². The monoisotopic (exact) mass is 446 g/mol. The Hall–Kier alpha value is -3.50. The number of nitrogens with zero attached hydrogens (tertiary/aromatic N) is 4. The van der Waals surface area contributed by atoms with E-state index in [9.17, 15) is 19.7 Å². The van der Waals surface area contributed by atoms with Gasteiger partial charge in [0.15, 0.2) is 0 Å². The largest absolute Gasteiger partial charge is 0.295 e. The number of nitrogens with one attached hydrogen (secondary N) is 2. The number of carbonyl (C=O) groups is 2. The number of carbonyl (C=O) groups excluding carboxylic acids is 2. The summed E-state index contributed by atoms with van der Waals surface area (Å²) in [6.45, 7) is 0. The summed E-state index contributed by atoms with van der Waals surface area (Å²) in [6.07, 6.45) is 0.134. The maximum Gasteiger partial charge on any atom is 0.288 e. The van der Waals surface area contributed by atoms with Crippen LogP contribution in [-0.2, 0) is 4.79 Å². The van der Waals surface area contributed by atoms with Gasteiger partial charge in [0.2, 0.25) is 11.9 Å². The molecule has 1 unspecified atom stereocenters. The second-order valence-corrected chi connectivity index (χ2v) is 7.24. The summed E-state index contributed by atoms with van der Waals surface area (Å²) in [4.78, 5) is 39.1. The average molecular weight is 447 g/mol. The van der Waals surface area contributed by atoms with Gasteiger partial charge < -0.3 is 0 Å². The molecule has 0 radical (unpaired) electrons. The van der Waals surface area contributed by atoms with Crippen molar-refractivity contribution < 1.29 is 14.5 Å². The number of nitro groups is 1. The molecule has 1 atom stereocenters. The van der Waals surface area contributed by atoms with Crippen LogP contribution in [-0.4, -0.2) is 31.5 Å². The Bertz CT molecular complexity index is 1180. The molecular formula is C18H12Cl2N6O4. The minimum Gasteiger partial charge on any atom is -0.295 e. The quantitative estimate of drug-likeness (QED) is 0.463. The van der Waals surface area contributed by atoms with Gasteiger partial charge in [-0.1, -0.05) is 35.3 Å². The summed E-state index contributed by atoms with van der Waals surface area (Å²) >= 11 is 11.7. The van der Waals surface area contributed by atoms with Crippen LogP contribution in [0.2, 0.25) is 10.0 Å². The van der Waals surface area contributed by atoms with Crippen molar-refractivity contribution in [1.29, 1.82) is 0 Å². The average Bonchev–Trinajstić information content (AvgIpc) is 3.10. The molecule has 0 spiro atoms. The zero-order valence-corrected chi connectivity index (χ0v) is 16.5. The van der Waals surface area contributed by atoms with Gasteiger partial charge in [0, 0.05) is 16.7 Å². The summed E-state index contributed by atoms with van der Waals surface area (Å²) in [5.41, 5.74) is 0.417. The first kappa shape index (κ1) is 19.8.